The van der Waals surface area contributed by atoms with Crippen molar-refractivity contribution in [1.82, 2.24) is 9.78 Å². The van der Waals surface area contributed by atoms with Crippen LogP contribution in [-0.4, -0.2) is 48.6 Å². The van der Waals surface area contributed by atoms with Crippen molar-refractivity contribution < 1.29 is 31.5 Å². The summed E-state index contributed by atoms with van der Waals surface area (Å²) in [5, 5.41) is 6.17. The third-order valence-corrected chi connectivity index (χ3v) is 6.87. The van der Waals surface area contributed by atoms with E-state index in [4.69, 9.17) is 15.2 Å². The molecule has 33 heavy (non-hydrogen) atoms. The Balaban J connectivity index is 2.07. The number of hydrogen-bond donors (Lipinski definition) is 2. The Labute approximate surface area is 190 Å². The van der Waals surface area contributed by atoms with Gasteiger partial charge in [0.25, 0.3) is 10.0 Å². The molecule has 182 valence electrons. The second kappa shape index (κ2) is 8.78. The zero-order chi connectivity index (χ0) is 24.7. The number of halogens is 2. The van der Waals surface area contributed by atoms with Gasteiger partial charge in [0, 0.05) is 12.2 Å². The summed E-state index contributed by atoms with van der Waals surface area (Å²) in [6, 6.07) is 3.65. The number of hydrogen-bond acceptors (Lipinski definition) is 7. The molecule has 0 saturated carbocycles. The highest BCUT2D eigenvalue weighted by molar-refractivity contribution is 7.93. The number of benzene rings is 1. The van der Waals surface area contributed by atoms with Crippen molar-refractivity contribution in [1.29, 1.82) is 0 Å². The number of anilines is 2. The summed E-state index contributed by atoms with van der Waals surface area (Å²) in [6.07, 6.45) is -0.629. The Morgan fingerprint density at radius 1 is 1.36 bits per heavy atom. The molecular formula is C20H27F2N5O5S. The van der Waals surface area contributed by atoms with E-state index >= 15 is 0 Å². The van der Waals surface area contributed by atoms with Crippen LogP contribution in [0.5, 0.6) is 5.75 Å². The van der Waals surface area contributed by atoms with Crippen LogP contribution < -0.4 is 20.1 Å². The van der Waals surface area contributed by atoms with Crippen LogP contribution in [0.4, 0.5) is 25.0 Å². The first kappa shape index (κ1) is 24.7. The van der Waals surface area contributed by atoms with Gasteiger partial charge < -0.3 is 15.2 Å². The largest absolute Gasteiger partial charge is 0.485 e. The molecule has 2 heterocycles. The van der Waals surface area contributed by atoms with E-state index < -0.39 is 40.4 Å². The van der Waals surface area contributed by atoms with Crippen molar-refractivity contribution in [3.8, 4) is 5.75 Å². The van der Waals surface area contributed by atoms with Gasteiger partial charge in [-0.05, 0) is 52.8 Å². The van der Waals surface area contributed by atoms with Gasteiger partial charge in [-0.1, -0.05) is 0 Å². The van der Waals surface area contributed by atoms with Gasteiger partial charge >= 0.3 is 12.6 Å². The zero-order valence-corrected chi connectivity index (χ0v) is 19.7. The molecule has 2 aromatic rings. The number of rotatable bonds is 5. The molecule has 3 rings (SSSR count). The summed E-state index contributed by atoms with van der Waals surface area (Å²) in [7, 11) is -4.35. The smallest absolute Gasteiger partial charge is 0.412 e. The maximum absolute atomic E-state index is 13.6. The third kappa shape index (κ3) is 5.03. The Morgan fingerprint density at radius 3 is 2.58 bits per heavy atom. The number of ether oxygens (including phenoxy) is 2. The van der Waals surface area contributed by atoms with E-state index in [1.807, 2.05) is 0 Å². The predicted octanol–water partition coefficient (Wildman–Crippen LogP) is 3.24. The molecule has 1 aliphatic rings. The lowest BCUT2D eigenvalue weighted by Gasteiger charge is -2.40. The van der Waals surface area contributed by atoms with Crippen LogP contribution in [0.25, 0.3) is 0 Å². The van der Waals surface area contributed by atoms with Crippen molar-refractivity contribution in [2.24, 2.45) is 5.73 Å². The maximum atomic E-state index is 13.6. The minimum atomic E-state index is -4.35. The van der Waals surface area contributed by atoms with Crippen LogP contribution in [0, 0.1) is 6.92 Å². The fourth-order valence-corrected chi connectivity index (χ4v) is 5.28. The highest BCUT2D eigenvalue weighted by atomic mass is 32.2. The summed E-state index contributed by atoms with van der Waals surface area (Å²) < 4.78 is 65.9. The van der Waals surface area contributed by atoms with Gasteiger partial charge in [-0.15, -0.1) is 0 Å². The van der Waals surface area contributed by atoms with Crippen LogP contribution in [0.1, 0.15) is 39.9 Å². The molecule has 2 unspecified atom stereocenters. The second-order valence-corrected chi connectivity index (χ2v) is 10.4. The van der Waals surface area contributed by atoms with Crippen molar-refractivity contribution in [3.63, 3.8) is 0 Å². The number of nitrogens with two attached hydrogens (primary N) is 1. The van der Waals surface area contributed by atoms with E-state index in [-0.39, 0.29) is 38.9 Å². The molecule has 13 heteroatoms. The van der Waals surface area contributed by atoms with Crippen LogP contribution in [0.2, 0.25) is 0 Å². The molecule has 0 radical (unpaired) electrons. The first-order valence-electron chi connectivity index (χ1n) is 10.1. The van der Waals surface area contributed by atoms with Crippen molar-refractivity contribution in [2.75, 3.05) is 16.2 Å². The number of amides is 1. The number of nitrogens with one attached hydrogen (secondary N) is 1. The van der Waals surface area contributed by atoms with E-state index in [0.717, 1.165) is 10.5 Å². The third-order valence-electron chi connectivity index (χ3n) is 4.87. The van der Waals surface area contributed by atoms with Crippen molar-refractivity contribution in [2.45, 2.75) is 63.8 Å². The minimum Gasteiger partial charge on any atom is -0.485 e. The van der Waals surface area contributed by atoms with E-state index in [2.05, 4.69) is 10.4 Å². The zero-order valence-electron chi connectivity index (χ0n) is 18.9. The van der Waals surface area contributed by atoms with Crippen molar-refractivity contribution in [3.05, 3.63) is 30.1 Å². The van der Waals surface area contributed by atoms with Crippen LogP contribution in [-0.2, 0) is 14.8 Å². The number of aryl methyl sites for hydroxylation is 1. The van der Waals surface area contributed by atoms with Crippen LogP contribution in [0.15, 0.2) is 29.3 Å². The molecule has 1 aromatic carbocycles. The molecule has 2 atom stereocenters. The van der Waals surface area contributed by atoms with Gasteiger partial charge in [0.05, 0.1) is 23.6 Å². The Bertz CT molecular complexity index is 1150. The molecule has 1 aromatic heterocycles. The number of fused-ring (bicyclic) bond motifs is 1. The Kier molecular flexibility index (Phi) is 6.58. The molecule has 0 saturated heterocycles. The molecule has 1 amide bonds. The lowest BCUT2D eigenvalue weighted by atomic mass is 10.1. The number of carbonyl (C=O) groups is 1. The molecule has 0 aliphatic carbocycles. The summed E-state index contributed by atoms with van der Waals surface area (Å²) in [5.74, 6) is 0.209. The number of nitrogens with zero attached hydrogens (tertiary/aromatic N) is 3. The topological polar surface area (TPSA) is 129 Å². The molecule has 10 nitrogen and oxygen atoms in total. The number of carbonyl (C=O) groups excluding carboxylic acids is 1. The Hall–Kier alpha value is -2.93. The summed E-state index contributed by atoms with van der Waals surface area (Å²) in [6.45, 7) is 5.06. The fraction of sp³-hybridized carbons (Fsp3) is 0.500. The van der Waals surface area contributed by atoms with Gasteiger partial charge in [0.15, 0.2) is 0 Å². The van der Waals surface area contributed by atoms with E-state index in [1.165, 1.54) is 25.1 Å². The lowest BCUT2D eigenvalue weighted by Crippen LogP contribution is -2.53. The SMILES string of the molecule is Cc1nn(C(F)F)cc1S(=O)(=O)N1c2cc(NC(=O)OC(C)(C)C)ccc2OC(CN)C1C. The first-order valence-corrected chi connectivity index (χ1v) is 11.6. The molecule has 0 spiro atoms. The highest BCUT2D eigenvalue weighted by Crippen LogP contribution is 2.42. The quantitative estimate of drug-likeness (QED) is 0.662. The maximum Gasteiger partial charge on any atom is 0.412 e. The molecule has 1 aliphatic heterocycles. The minimum absolute atomic E-state index is 0.0137. The van der Waals surface area contributed by atoms with Gasteiger partial charge in [0.1, 0.15) is 22.4 Å². The normalized spacial score (nSPS) is 18.6. The van der Waals surface area contributed by atoms with E-state index in [0.29, 0.717) is 0 Å². The summed E-state index contributed by atoms with van der Waals surface area (Å²) >= 11 is 0. The average Bonchev–Trinajstić information content (AvgIpc) is 3.08. The molecule has 0 fully saturated rings. The molecular weight excluding hydrogens is 460 g/mol. The first-order chi connectivity index (χ1) is 15.2. The van der Waals surface area contributed by atoms with Crippen molar-refractivity contribution >= 4 is 27.5 Å². The summed E-state index contributed by atoms with van der Waals surface area (Å²) in [4.78, 5) is 11.8. The van der Waals surface area contributed by atoms with Gasteiger partial charge in [0.2, 0.25) is 0 Å². The summed E-state index contributed by atoms with van der Waals surface area (Å²) in [5.41, 5.74) is 5.34. The van der Waals surface area contributed by atoms with E-state index in [9.17, 15) is 22.0 Å². The standard InChI is InChI=1S/C20H27F2N5O5S/c1-11-17(10-26(25-11)18(21)22)33(29,30)27-12(2)16(9-23)31-15-7-6-13(8-14(15)27)24-19(28)32-20(3,4)5/h6-8,10,12,16,18H,9,23H2,1-5H3,(H,24,28). The number of sulfonamides is 1. The second-order valence-electron chi connectivity index (χ2n) is 8.58. The number of aromatic nitrogens is 2. The van der Waals surface area contributed by atoms with Gasteiger partial charge in [-0.25, -0.2) is 17.9 Å². The van der Waals surface area contributed by atoms with Crippen LogP contribution >= 0.6 is 0 Å². The lowest BCUT2D eigenvalue weighted by molar-refractivity contribution is 0.0560. The average molecular weight is 488 g/mol. The van der Waals surface area contributed by atoms with E-state index in [1.54, 1.807) is 27.7 Å². The molecule has 3 N–H and O–H groups in total. The Morgan fingerprint density at radius 2 is 2.03 bits per heavy atom. The van der Waals surface area contributed by atoms with Gasteiger partial charge in [-0.3, -0.25) is 9.62 Å². The fourth-order valence-electron chi connectivity index (χ4n) is 3.44. The van der Waals surface area contributed by atoms with Crippen LogP contribution in [0.3, 0.4) is 0 Å². The highest BCUT2D eigenvalue weighted by Gasteiger charge is 2.41. The number of alkyl halides is 2. The van der Waals surface area contributed by atoms with Gasteiger partial charge in [-0.2, -0.15) is 13.9 Å². The molecule has 0 bridgehead atoms. The monoisotopic (exact) mass is 487 g/mol. The predicted molar refractivity (Wildman–Crippen MR) is 117 cm³/mol.